The molecule has 0 atom stereocenters. The van der Waals surface area contributed by atoms with Crippen LogP contribution in [0.2, 0.25) is 0 Å². The molecule has 0 aliphatic carbocycles. The monoisotopic (exact) mass is 431 g/mol. The van der Waals surface area contributed by atoms with Gasteiger partial charge < -0.3 is 9.32 Å². The van der Waals surface area contributed by atoms with Crippen LogP contribution < -0.4 is 21.2 Å². The third kappa shape index (κ3) is 6.21. The SMILES string of the molecule is CC(=O)c1c(NNC(=O)CSCC(=O)N(c2ccccc2)C(C)C)oc(C)cc1=O. The predicted octanol–water partition coefficient (Wildman–Crippen LogP) is 2.77. The fourth-order valence-electron chi connectivity index (χ4n) is 2.81. The van der Waals surface area contributed by atoms with E-state index in [-0.39, 0.29) is 34.9 Å². The van der Waals surface area contributed by atoms with Gasteiger partial charge in [-0.15, -0.1) is 11.8 Å². The number of Topliss-reactive ketones (excluding diaryl/α,β-unsaturated/α-hetero) is 1. The summed E-state index contributed by atoms with van der Waals surface area (Å²) >= 11 is 1.16. The molecule has 0 radical (unpaired) electrons. The van der Waals surface area contributed by atoms with Crippen molar-refractivity contribution in [3.63, 3.8) is 0 Å². The quantitative estimate of drug-likeness (QED) is 0.464. The Labute approximate surface area is 179 Å². The van der Waals surface area contributed by atoms with Crippen LogP contribution in [-0.4, -0.2) is 35.1 Å². The summed E-state index contributed by atoms with van der Waals surface area (Å²) in [6, 6.07) is 10.5. The van der Waals surface area contributed by atoms with E-state index < -0.39 is 17.1 Å². The molecule has 0 aliphatic heterocycles. The lowest BCUT2D eigenvalue weighted by molar-refractivity contribution is -0.118. The standard InChI is InChI=1S/C21H25N3O5S/c1-13(2)24(16-8-6-5-7-9-16)19(28)12-30-11-18(27)22-23-21-20(15(4)25)17(26)10-14(3)29-21/h5-10,13,23H,11-12H2,1-4H3,(H,22,27). The number of hydrazine groups is 1. The number of carbonyl (C=O) groups is 3. The van der Waals surface area contributed by atoms with Crippen LogP contribution in [0.25, 0.3) is 0 Å². The van der Waals surface area contributed by atoms with E-state index in [0.29, 0.717) is 5.76 Å². The number of thioether (sulfide) groups is 1. The minimum atomic E-state index is -0.488. The first-order valence-corrected chi connectivity index (χ1v) is 10.5. The molecule has 0 saturated carbocycles. The van der Waals surface area contributed by atoms with E-state index in [2.05, 4.69) is 10.9 Å². The molecule has 2 aromatic rings. The average molecular weight is 432 g/mol. The van der Waals surface area contributed by atoms with Gasteiger partial charge in [-0.3, -0.25) is 30.0 Å². The fourth-order valence-corrected chi connectivity index (χ4v) is 3.49. The smallest absolute Gasteiger partial charge is 0.248 e. The number of carbonyl (C=O) groups excluding carboxylic acids is 3. The number of rotatable bonds is 9. The Bertz CT molecular complexity index is 972. The van der Waals surface area contributed by atoms with Crippen LogP contribution in [-0.2, 0) is 9.59 Å². The number of anilines is 2. The lowest BCUT2D eigenvalue weighted by Crippen LogP contribution is -2.38. The van der Waals surface area contributed by atoms with Crippen molar-refractivity contribution in [2.24, 2.45) is 0 Å². The van der Waals surface area contributed by atoms with Crippen molar-refractivity contribution in [2.45, 2.75) is 33.7 Å². The van der Waals surface area contributed by atoms with Crippen LogP contribution >= 0.6 is 11.8 Å². The van der Waals surface area contributed by atoms with Gasteiger partial charge in [-0.25, -0.2) is 0 Å². The van der Waals surface area contributed by atoms with Crippen molar-refractivity contribution in [1.82, 2.24) is 5.43 Å². The zero-order chi connectivity index (χ0) is 22.3. The third-order valence-corrected chi connectivity index (χ3v) is 4.93. The molecule has 9 heteroatoms. The Kier molecular flexibility index (Phi) is 8.23. The molecule has 2 rings (SSSR count). The molecule has 0 aliphatic rings. The first kappa shape index (κ1) is 23.2. The van der Waals surface area contributed by atoms with Gasteiger partial charge in [-0.1, -0.05) is 18.2 Å². The summed E-state index contributed by atoms with van der Waals surface area (Å²) in [5.41, 5.74) is 5.02. The Morgan fingerprint density at radius 1 is 1.13 bits per heavy atom. The number of nitrogens with one attached hydrogen (secondary N) is 2. The summed E-state index contributed by atoms with van der Waals surface area (Å²) in [4.78, 5) is 50.0. The highest BCUT2D eigenvalue weighted by atomic mass is 32.2. The van der Waals surface area contributed by atoms with Gasteiger partial charge in [-0.05, 0) is 39.8 Å². The first-order chi connectivity index (χ1) is 14.2. The van der Waals surface area contributed by atoms with Gasteiger partial charge >= 0.3 is 0 Å². The van der Waals surface area contributed by atoms with Crippen LogP contribution in [0.1, 0.15) is 36.9 Å². The van der Waals surface area contributed by atoms with Crippen LogP contribution in [0, 0.1) is 6.92 Å². The second kappa shape index (κ2) is 10.6. The number of ketones is 1. The zero-order valence-electron chi connectivity index (χ0n) is 17.4. The summed E-state index contributed by atoms with van der Waals surface area (Å²) < 4.78 is 5.34. The number of hydrogen-bond donors (Lipinski definition) is 2. The molecular formula is C21H25N3O5S. The van der Waals surface area contributed by atoms with E-state index in [1.807, 2.05) is 44.2 Å². The van der Waals surface area contributed by atoms with E-state index in [4.69, 9.17) is 4.42 Å². The summed E-state index contributed by atoms with van der Waals surface area (Å²) in [6.07, 6.45) is 0. The zero-order valence-corrected chi connectivity index (χ0v) is 18.2. The Balaban J connectivity index is 1.91. The maximum absolute atomic E-state index is 12.6. The van der Waals surface area contributed by atoms with Crippen molar-refractivity contribution < 1.29 is 18.8 Å². The van der Waals surface area contributed by atoms with Crippen molar-refractivity contribution in [1.29, 1.82) is 0 Å². The average Bonchev–Trinajstić information content (AvgIpc) is 2.66. The molecule has 8 nitrogen and oxygen atoms in total. The first-order valence-electron chi connectivity index (χ1n) is 9.36. The molecule has 0 bridgehead atoms. The van der Waals surface area contributed by atoms with Crippen molar-refractivity contribution >= 4 is 40.9 Å². The van der Waals surface area contributed by atoms with E-state index >= 15 is 0 Å². The molecule has 160 valence electrons. The Morgan fingerprint density at radius 2 is 1.80 bits per heavy atom. The van der Waals surface area contributed by atoms with Gasteiger partial charge in [-0.2, -0.15) is 0 Å². The summed E-state index contributed by atoms with van der Waals surface area (Å²) in [5, 5.41) is 0. The van der Waals surface area contributed by atoms with Gasteiger partial charge in [0.05, 0.1) is 11.5 Å². The predicted molar refractivity (Wildman–Crippen MR) is 118 cm³/mol. The summed E-state index contributed by atoms with van der Waals surface area (Å²) in [6.45, 7) is 6.65. The van der Waals surface area contributed by atoms with Crippen LogP contribution in [0.3, 0.4) is 0 Å². The lowest BCUT2D eigenvalue weighted by Gasteiger charge is -2.26. The number of aryl methyl sites for hydroxylation is 1. The van der Waals surface area contributed by atoms with Crippen molar-refractivity contribution in [3.05, 3.63) is 57.9 Å². The molecule has 2 amide bonds. The van der Waals surface area contributed by atoms with Gasteiger partial charge in [0.2, 0.25) is 17.7 Å². The largest absolute Gasteiger partial charge is 0.443 e. The normalized spacial score (nSPS) is 10.6. The van der Waals surface area contributed by atoms with Crippen molar-refractivity contribution in [3.8, 4) is 0 Å². The van der Waals surface area contributed by atoms with E-state index in [9.17, 15) is 19.2 Å². The van der Waals surface area contributed by atoms with E-state index in [1.165, 1.54) is 13.0 Å². The summed E-state index contributed by atoms with van der Waals surface area (Å²) in [7, 11) is 0. The molecule has 0 fully saturated rings. The van der Waals surface area contributed by atoms with Crippen molar-refractivity contribution in [2.75, 3.05) is 21.8 Å². The highest BCUT2D eigenvalue weighted by molar-refractivity contribution is 8.00. The summed E-state index contributed by atoms with van der Waals surface area (Å²) in [5.74, 6) is -0.694. The second-order valence-corrected chi connectivity index (χ2v) is 7.83. The molecule has 1 aromatic carbocycles. The molecule has 0 unspecified atom stereocenters. The molecular weight excluding hydrogens is 406 g/mol. The number of amides is 2. The molecule has 1 heterocycles. The van der Waals surface area contributed by atoms with Crippen LogP contribution in [0.4, 0.5) is 11.6 Å². The number of nitrogens with zero attached hydrogens (tertiary/aromatic N) is 1. The molecule has 0 spiro atoms. The van der Waals surface area contributed by atoms with Gasteiger partial charge in [0.25, 0.3) is 0 Å². The number of para-hydroxylation sites is 1. The number of benzene rings is 1. The Morgan fingerprint density at radius 3 is 2.40 bits per heavy atom. The van der Waals surface area contributed by atoms with Gasteiger partial charge in [0.15, 0.2) is 11.2 Å². The Hall–Kier alpha value is -3.07. The van der Waals surface area contributed by atoms with E-state index in [0.717, 1.165) is 17.4 Å². The molecule has 30 heavy (non-hydrogen) atoms. The van der Waals surface area contributed by atoms with Gasteiger partial charge in [0.1, 0.15) is 11.3 Å². The maximum Gasteiger partial charge on any atom is 0.248 e. The number of hydrogen-bond acceptors (Lipinski definition) is 7. The topological polar surface area (TPSA) is 109 Å². The van der Waals surface area contributed by atoms with Gasteiger partial charge in [0, 0.05) is 17.8 Å². The highest BCUT2D eigenvalue weighted by Crippen LogP contribution is 2.18. The molecule has 0 saturated heterocycles. The highest BCUT2D eigenvalue weighted by Gasteiger charge is 2.19. The minimum absolute atomic E-state index is 0.00488. The lowest BCUT2D eigenvalue weighted by atomic mass is 10.2. The maximum atomic E-state index is 12.6. The molecule has 2 N–H and O–H groups in total. The second-order valence-electron chi connectivity index (χ2n) is 6.84. The minimum Gasteiger partial charge on any atom is -0.443 e. The molecule has 1 aromatic heterocycles. The van der Waals surface area contributed by atoms with Crippen LogP contribution in [0.5, 0.6) is 0 Å². The third-order valence-electron chi connectivity index (χ3n) is 4.02. The van der Waals surface area contributed by atoms with E-state index in [1.54, 1.807) is 11.8 Å². The fraction of sp³-hybridized carbons (Fsp3) is 0.333. The van der Waals surface area contributed by atoms with Crippen LogP contribution in [0.15, 0.2) is 45.6 Å².